The van der Waals surface area contributed by atoms with Crippen molar-refractivity contribution in [1.29, 1.82) is 0 Å². The van der Waals surface area contributed by atoms with Crippen LogP contribution >= 0.6 is 0 Å². The summed E-state index contributed by atoms with van der Waals surface area (Å²) >= 11 is 0. The van der Waals surface area contributed by atoms with Crippen molar-refractivity contribution in [2.75, 3.05) is 24.4 Å². The Morgan fingerprint density at radius 3 is 2.29 bits per heavy atom. The number of ether oxygens (including phenoxy) is 2. The maximum atomic E-state index is 13.2. The van der Waals surface area contributed by atoms with Crippen molar-refractivity contribution in [3.05, 3.63) is 60.2 Å². The molecule has 31 heavy (non-hydrogen) atoms. The van der Waals surface area contributed by atoms with Gasteiger partial charge in [-0.3, -0.25) is 14.4 Å². The molecule has 158 valence electrons. The highest BCUT2D eigenvalue weighted by Gasteiger charge is 2.59. The molecule has 1 N–H and O–H groups in total. The molecule has 1 saturated carbocycles. The van der Waals surface area contributed by atoms with Crippen LogP contribution in [0.3, 0.4) is 0 Å². The molecule has 0 radical (unpaired) electrons. The Labute approximate surface area is 179 Å². The smallest absolute Gasteiger partial charge is 0.257 e. The van der Waals surface area contributed by atoms with Crippen molar-refractivity contribution >= 4 is 29.1 Å². The summed E-state index contributed by atoms with van der Waals surface area (Å²) in [6, 6.07) is 11.7. The van der Waals surface area contributed by atoms with E-state index in [1.165, 1.54) is 12.0 Å². The highest BCUT2D eigenvalue weighted by atomic mass is 16.5. The molecule has 0 spiro atoms. The minimum Gasteiger partial charge on any atom is -0.497 e. The van der Waals surface area contributed by atoms with Gasteiger partial charge < -0.3 is 14.8 Å². The van der Waals surface area contributed by atoms with Crippen molar-refractivity contribution in [2.24, 2.45) is 23.7 Å². The largest absolute Gasteiger partial charge is 0.497 e. The first-order chi connectivity index (χ1) is 15.0. The van der Waals surface area contributed by atoms with Crippen LogP contribution in [0.2, 0.25) is 0 Å². The molecule has 3 amide bonds. The summed E-state index contributed by atoms with van der Waals surface area (Å²) in [5.41, 5.74) is 1.03. The number of hydrogen-bond acceptors (Lipinski definition) is 5. The number of nitrogens with zero attached hydrogens (tertiary/aromatic N) is 1. The Kier molecular flexibility index (Phi) is 4.54. The SMILES string of the molecule is COc1ccc(NC(=O)c2ccccc2N2C(=O)[C@H]3[C@H](C2=O)[C@H]2C=C[C@H]3C2)c(OC)c1. The number of methoxy groups -OCH3 is 2. The van der Waals surface area contributed by atoms with Crippen molar-refractivity contribution in [3.8, 4) is 11.5 Å². The molecule has 2 aromatic carbocycles. The predicted octanol–water partition coefficient (Wildman–Crippen LogP) is 3.27. The number of imide groups is 1. The van der Waals surface area contributed by atoms with Crippen LogP contribution in [0.15, 0.2) is 54.6 Å². The number of anilines is 2. The zero-order chi connectivity index (χ0) is 21.7. The highest BCUT2D eigenvalue weighted by Crippen LogP contribution is 2.53. The van der Waals surface area contributed by atoms with Gasteiger partial charge in [0.2, 0.25) is 11.8 Å². The molecule has 2 bridgehead atoms. The van der Waals surface area contributed by atoms with Gasteiger partial charge in [-0.2, -0.15) is 0 Å². The van der Waals surface area contributed by atoms with E-state index in [4.69, 9.17) is 9.47 Å². The summed E-state index contributed by atoms with van der Waals surface area (Å²) < 4.78 is 10.5. The Bertz CT molecular complexity index is 1090. The standard InChI is InChI=1S/C24H22N2O5/c1-30-15-9-10-17(19(12-15)31-2)25-22(27)16-5-3-4-6-18(16)26-23(28)20-13-7-8-14(11-13)21(20)24(26)29/h3-10,12-14,20-21H,11H2,1-2H3,(H,25,27)/t13-,14-,20+,21+/m0/s1. The molecule has 0 unspecified atom stereocenters. The number of amides is 3. The van der Waals surface area contributed by atoms with E-state index in [0.29, 0.717) is 22.9 Å². The Balaban J connectivity index is 1.46. The van der Waals surface area contributed by atoms with E-state index in [1.54, 1.807) is 49.6 Å². The summed E-state index contributed by atoms with van der Waals surface area (Å²) in [7, 11) is 3.05. The fraction of sp³-hybridized carbons (Fsp3) is 0.292. The number of para-hydroxylation sites is 1. The first kappa shape index (κ1) is 19.4. The number of benzene rings is 2. The number of rotatable bonds is 5. The highest BCUT2D eigenvalue weighted by molar-refractivity contribution is 6.25. The average molecular weight is 418 g/mol. The summed E-state index contributed by atoms with van der Waals surface area (Å²) in [5, 5.41) is 2.82. The third-order valence-electron chi connectivity index (χ3n) is 6.52. The lowest BCUT2D eigenvalue weighted by molar-refractivity contribution is -0.123. The Morgan fingerprint density at radius 2 is 1.65 bits per heavy atom. The van der Waals surface area contributed by atoms with Crippen molar-refractivity contribution in [2.45, 2.75) is 6.42 Å². The molecule has 4 atom stereocenters. The second-order valence-electron chi connectivity index (χ2n) is 8.05. The molecular formula is C24H22N2O5. The van der Waals surface area contributed by atoms with E-state index in [1.807, 2.05) is 0 Å². The number of allylic oxidation sites excluding steroid dienone is 2. The fourth-order valence-electron chi connectivity index (χ4n) is 5.09. The van der Waals surface area contributed by atoms with Crippen LogP contribution in [0, 0.1) is 23.7 Å². The van der Waals surface area contributed by atoms with Gasteiger partial charge in [0, 0.05) is 6.07 Å². The van der Waals surface area contributed by atoms with Gasteiger partial charge in [-0.15, -0.1) is 0 Å². The summed E-state index contributed by atoms with van der Waals surface area (Å²) in [5.74, 6) is -0.238. The molecule has 2 fully saturated rings. The Morgan fingerprint density at radius 1 is 0.968 bits per heavy atom. The third-order valence-corrected chi connectivity index (χ3v) is 6.52. The van der Waals surface area contributed by atoms with E-state index in [-0.39, 0.29) is 41.0 Å². The Hall–Kier alpha value is -3.61. The molecule has 5 rings (SSSR count). The number of fused-ring (bicyclic) bond motifs is 5. The maximum absolute atomic E-state index is 13.2. The van der Waals surface area contributed by atoms with Gasteiger partial charge in [-0.1, -0.05) is 24.3 Å². The molecule has 1 heterocycles. The normalized spacial score (nSPS) is 25.7. The zero-order valence-electron chi connectivity index (χ0n) is 17.2. The molecule has 7 heteroatoms. The van der Waals surface area contributed by atoms with Crippen LogP contribution in [-0.2, 0) is 9.59 Å². The first-order valence-corrected chi connectivity index (χ1v) is 10.2. The quantitative estimate of drug-likeness (QED) is 0.595. The summed E-state index contributed by atoms with van der Waals surface area (Å²) in [4.78, 5) is 40.8. The zero-order valence-corrected chi connectivity index (χ0v) is 17.2. The van der Waals surface area contributed by atoms with Crippen molar-refractivity contribution in [3.63, 3.8) is 0 Å². The van der Waals surface area contributed by atoms with Crippen LogP contribution in [0.25, 0.3) is 0 Å². The molecule has 2 aromatic rings. The summed E-state index contributed by atoms with van der Waals surface area (Å²) in [6.07, 6.45) is 4.96. The second-order valence-corrected chi connectivity index (χ2v) is 8.05. The van der Waals surface area contributed by atoms with Crippen molar-refractivity contribution in [1.82, 2.24) is 0 Å². The van der Waals surface area contributed by atoms with E-state index in [0.717, 1.165) is 6.42 Å². The topological polar surface area (TPSA) is 84.9 Å². The minimum absolute atomic E-state index is 0.112. The maximum Gasteiger partial charge on any atom is 0.257 e. The molecule has 1 saturated heterocycles. The number of hydrogen-bond donors (Lipinski definition) is 1. The molecular weight excluding hydrogens is 396 g/mol. The monoisotopic (exact) mass is 418 g/mol. The van der Waals surface area contributed by atoms with Gasteiger partial charge in [0.05, 0.1) is 43.0 Å². The van der Waals surface area contributed by atoms with Gasteiger partial charge in [-0.25, -0.2) is 4.90 Å². The number of carbonyl (C=O) groups is 3. The molecule has 2 aliphatic carbocycles. The van der Waals surface area contributed by atoms with Gasteiger partial charge in [0.15, 0.2) is 0 Å². The third kappa shape index (κ3) is 2.91. The lowest BCUT2D eigenvalue weighted by atomic mass is 9.85. The van der Waals surface area contributed by atoms with Crippen LogP contribution in [0.1, 0.15) is 16.8 Å². The van der Waals surface area contributed by atoms with Gasteiger partial charge >= 0.3 is 0 Å². The van der Waals surface area contributed by atoms with Gasteiger partial charge in [-0.05, 0) is 42.5 Å². The van der Waals surface area contributed by atoms with E-state index in [2.05, 4.69) is 17.5 Å². The van der Waals surface area contributed by atoms with Crippen LogP contribution < -0.4 is 19.7 Å². The van der Waals surface area contributed by atoms with Crippen molar-refractivity contribution < 1.29 is 23.9 Å². The fourth-order valence-corrected chi connectivity index (χ4v) is 5.09. The second kappa shape index (κ2) is 7.27. The van der Waals surface area contributed by atoms with Crippen LogP contribution in [0.5, 0.6) is 11.5 Å². The average Bonchev–Trinajstić information content (AvgIpc) is 3.47. The van der Waals surface area contributed by atoms with Gasteiger partial charge in [0.1, 0.15) is 11.5 Å². The van der Waals surface area contributed by atoms with Crippen LogP contribution in [0.4, 0.5) is 11.4 Å². The summed E-state index contributed by atoms with van der Waals surface area (Å²) in [6.45, 7) is 0. The molecule has 0 aromatic heterocycles. The van der Waals surface area contributed by atoms with Gasteiger partial charge in [0.25, 0.3) is 5.91 Å². The predicted molar refractivity (Wildman–Crippen MR) is 114 cm³/mol. The molecule has 3 aliphatic rings. The van der Waals surface area contributed by atoms with Crippen LogP contribution in [-0.4, -0.2) is 31.9 Å². The lowest BCUT2D eigenvalue weighted by Crippen LogP contribution is -2.34. The number of carbonyl (C=O) groups excluding carboxylic acids is 3. The molecule has 7 nitrogen and oxygen atoms in total. The minimum atomic E-state index is -0.433. The lowest BCUT2D eigenvalue weighted by Gasteiger charge is -2.20. The molecule has 1 aliphatic heterocycles. The first-order valence-electron chi connectivity index (χ1n) is 10.2. The van der Waals surface area contributed by atoms with E-state index >= 15 is 0 Å². The van der Waals surface area contributed by atoms with E-state index in [9.17, 15) is 14.4 Å². The number of nitrogens with one attached hydrogen (secondary N) is 1. The van der Waals surface area contributed by atoms with E-state index < -0.39 is 5.91 Å².